The summed E-state index contributed by atoms with van der Waals surface area (Å²) >= 11 is 0. The number of nitro groups is 1. The third-order valence-corrected chi connectivity index (χ3v) is 3.93. The Morgan fingerprint density at radius 2 is 2.05 bits per heavy atom. The molecule has 0 aliphatic rings. The van der Waals surface area contributed by atoms with Gasteiger partial charge < -0.3 is 5.73 Å². The molecule has 1 atom stereocenters. The van der Waals surface area contributed by atoms with Gasteiger partial charge in [0.2, 0.25) is 0 Å². The maximum atomic E-state index is 11.6. The Morgan fingerprint density at radius 3 is 2.53 bits per heavy atom. The minimum absolute atomic E-state index is 0.210. The third kappa shape index (κ3) is 4.00. The van der Waals surface area contributed by atoms with Crippen molar-refractivity contribution in [2.24, 2.45) is 5.73 Å². The number of nitro benzene ring substituents is 1. The summed E-state index contributed by atoms with van der Waals surface area (Å²) in [6.07, 6.45) is 2.87. The highest BCUT2D eigenvalue weighted by atomic mass is 32.2. The SMILES string of the molecule is CCCC(N)Cc1cccc(S(C)(=O)=O)c1[N+](=O)[O-]. The summed E-state index contributed by atoms with van der Waals surface area (Å²) in [6, 6.07) is 4.11. The zero-order chi connectivity index (χ0) is 14.6. The van der Waals surface area contributed by atoms with Crippen molar-refractivity contribution >= 4 is 15.5 Å². The van der Waals surface area contributed by atoms with Crippen LogP contribution >= 0.6 is 0 Å². The van der Waals surface area contributed by atoms with E-state index in [2.05, 4.69) is 0 Å². The lowest BCUT2D eigenvalue weighted by molar-refractivity contribution is -0.388. The molecule has 0 aromatic heterocycles. The summed E-state index contributed by atoms with van der Waals surface area (Å²) in [4.78, 5) is 10.2. The van der Waals surface area contributed by atoms with E-state index in [9.17, 15) is 18.5 Å². The number of nitrogens with two attached hydrogens (primary N) is 1. The fraction of sp³-hybridized carbons (Fsp3) is 0.500. The van der Waals surface area contributed by atoms with Crippen molar-refractivity contribution in [3.05, 3.63) is 33.9 Å². The molecular weight excluding hydrogens is 268 g/mol. The monoisotopic (exact) mass is 286 g/mol. The predicted octanol–water partition coefficient (Wildman–Crippen LogP) is 1.67. The molecule has 106 valence electrons. The van der Waals surface area contributed by atoms with Crippen LogP contribution in [-0.4, -0.2) is 25.6 Å². The molecule has 0 saturated carbocycles. The van der Waals surface area contributed by atoms with Crippen LogP contribution in [0.4, 0.5) is 5.69 Å². The van der Waals surface area contributed by atoms with Gasteiger partial charge in [0.25, 0.3) is 5.69 Å². The van der Waals surface area contributed by atoms with Gasteiger partial charge in [-0.15, -0.1) is 0 Å². The second-order valence-corrected chi connectivity index (χ2v) is 6.53. The Morgan fingerprint density at radius 1 is 1.42 bits per heavy atom. The minimum Gasteiger partial charge on any atom is -0.327 e. The topological polar surface area (TPSA) is 103 Å². The van der Waals surface area contributed by atoms with Crippen LogP contribution in [-0.2, 0) is 16.3 Å². The third-order valence-electron chi connectivity index (χ3n) is 2.81. The number of benzene rings is 1. The molecule has 1 aromatic carbocycles. The standard InChI is InChI=1S/C12H18N2O4S/c1-3-5-10(13)8-9-6-4-7-11(19(2,17)18)12(9)14(15)16/h4,6-7,10H,3,5,8,13H2,1-2H3. The maximum absolute atomic E-state index is 11.6. The van der Waals surface area contributed by atoms with Gasteiger partial charge in [-0.1, -0.05) is 25.5 Å². The zero-order valence-corrected chi connectivity index (χ0v) is 11.8. The van der Waals surface area contributed by atoms with Gasteiger partial charge in [-0.2, -0.15) is 0 Å². The molecule has 0 spiro atoms. The molecule has 7 heteroatoms. The lowest BCUT2D eigenvalue weighted by Gasteiger charge is -2.11. The van der Waals surface area contributed by atoms with Gasteiger partial charge in [0.05, 0.1) is 4.92 Å². The van der Waals surface area contributed by atoms with Crippen LogP contribution < -0.4 is 5.73 Å². The van der Waals surface area contributed by atoms with E-state index in [4.69, 9.17) is 5.73 Å². The fourth-order valence-electron chi connectivity index (χ4n) is 1.99. The molecule has 0 amide bonds. The van der Waals surface area contributed by atoms with Crippen LogP contribution in [0.15, 0.2) is 23.1 Å². The van der Waals surface area contributed by atoms with Gasteiger partial charge in [0, 0.05) is 17.9 Å². The van der Waals surface area contributed by atoms with E-state index in [0.717, 1.165) is 19.1 Å². The molecule has 1 unspecified atom stereocenters. The van der Waals surface area contributed by atoms with Crippen molar-refractivity contribution in [2.75, 3.05) is 6.26 Å². The summed E-state index contributed by atoms with van der Waals surface area (Å²) in [5.74, 6) is 0. The van der Waals surface area contributed by atoms with Crippen molar-refractivity contribution < 1.29 is 13.3 Å². The van der Waals surface area contributed by atoms with E-state index in [0.29, 0.717) is 12.0 Å². The van der Waals surface area contributed by atoms with E-state index in [1.165, 1.54) is 12.1 Å². The summed E-state index contributed by atoms with van der Waals surface area (Å²) in [5, 5.41) is 11.1. The number of hydrogen-bond acceptors (Lipinski definition) is 5. The van der Waals surface area contributed by atoms with Crippen LogP contribution in [0.25, 0.3) is 0 Å². The molecule has 0 aliphatic heterocycles. The molecule has 0 aliphatic carbocycles. The first kappa shape index (κ1) is 15.6. The van der Waals surface area contributed by atoms with E-state index in [-0.39, 0.29) is 16.6 Å². The van der Waals surface area contributed by atoms with Crippen LogP contribution in [0.3, 0.4) is 0 Å². The summed E-state index contributed by atoms with van der Waals surface area (Å²) in [7, 11) is -3.63. The van der Waals surface area contributed by atoms with Crippen molar-refractivity contribution in [3.8, 4) is 0 Å². The molecule has 2 N–H and O–H groups in total. The highest BCUT2D eigenvalue weighted by Gasteiger charge is 2.26. The molecule has 19 heavy (non-hydrogen) atoms. The lowest BCUT2D eigenvalue weighted by atomic mass is 10.0. The van der Waals surface area contributed by atoms with Gasteiger partial charge in [-0.25, -0.2) is 8.42 Å². The molecule has 1 aromatic rings. The number of hydrogen-bond donors (Lipinski definition) is 1. The van der Waals surface area contributed by atoms with E-state index >= 15 is 0 Å². The summed E-state index contributed by atoms with van der Waals surface area (Å²) in [5.41, 5.74) is 5.89. The average Bonchev–Trinajstić information content (AvgIpc) is 2.27. The Balaban J connectivity index is 3.29. The van der Waals surface area contributed by atoms with Crippen molar-refractivity contribution in [1.29, 1.82) is 0 Å². The normalized spacial score (nSPS) is 13.2. The van der Waals surface area contributed by atoms with Crippen LogP contribution in [0, 0.1) is 10.1 Å². The number of para-hydroxylation sites is 1. The van der Waals surface area contributed by atoms with E-state index < -0.39 is 14.8 Å². The lowest BCUT2D eigenvalue weighted by Crippen LogP contribution is -2.23. The molecule has 0 fully saturated rings. The summed E-state index contributed by atoms with van der Waals surface area (Å²) in [6.45, 7) is 1.97. The van der Waals surface area contributed by atoms with Gasteiger partial charge in [-0.05, 0) is 18.9 Å². The highest BCUT2D eigenvalue weighted by molar-refractivity contribution is 7.90. The number of rotatable bonds is 6. The molecule has 6 nitrogen and oxygen atoms in total. The van der Waals surface area contributed by atoms with Crippen LogP contribution in [0.5, 0.6) is 0 Å². The highest BCUT2D eigenvalue weighted by Crippen LogP contribution is 2.28. The first-order chi connectivity index (χ1) is 8.77. The summed E-state index contributed by atoms with van der Waals surface area (Å²) < 4.78 is 23.2. The van der Waals surface area contributed by atoms with Gasteiger partial charge in [-0.3, -0.25) is 10.1 Å². The minimum atomic E-state index is -3.63. The van der Waals surface area contributed by atoms with E-state index in [1.54, 1.807) is 6.07 Å². The molecule has 1 rings (SSSR count). The first-order valence-corrected chi connectivity index (χ1v) is 7.88. The van der Waals surface area contributed by atoms with Gasteiger partial charge in [0.15, 0.2) is 9.84 Å². The Labute approximate surface area is 112 Å². The van der Waals surface area contributed by atoms with Crippen LogP contribution in [0.2, 0.25) is 0 Å². The van der Waals surface area contributed by atoms with E-state index in [1.807, 2.05) is 6.92 Å². The molecular formula is C12H18N2O4S. The van der Waals surface area contributed by atoms with Crippen LogP contribution in [0.1, 0.15) is 25.3 Å². The Hall–Kier alpha value is -1.47. The van der Waals surface area contributed by atoms with Crippen molar-refractivity contribution in [3.63, 3.8) is 0 Å². The van der Waals surface area contributed by atoms with Gasteiger partial charge >= 0.3 is 0 Å². The molecule has 0 bridgehead atoms. The average molecular weight is 286 g/mol. The second-order valence-electron chi connectivity index (χ2n) is 4.55. The molecule has 0 saturated heterocycles. The number of nitrogens with zero attached hydrogens (tertiary/aromatic N) is 1. The molecule has 0 heterocycles. The Bertz CT molecular complexity index is 569. The number of sulfone groups is 1. The van der Waals surface area contributed by atoms with Crippen molar-refractivity contribution in [1.82, 2.24) is 0 Å². The van der Waals surface area contributed by atoms with Gasteiger partial charge in [0.1, 0.15) is 4.90 Å². The smallest absolute Gasteiger partial charge is 0.291 e. The zero-order valence-electron chi connectivity index (χ0n) is 11.0. The predicted molar refractivity (Wildman–Crippen MR) is 72.8 cm³/mol. The molecule has 0 radical (unpaired) electrons. The van der Waals surface area contributed by atoms with Crippen molar-refractivity contribution in [2.45, 2.75) is 37.1 Å². The largest absolute Gasteiger partial charge is 0.327 e. The second kappa shape index (κ2) is 6.12. The first-order valence-electron chi connectivity index (χ1n) is 5.99. The maximum Gasteiger partial charge on any atom is 0.291 e. The Kier molecular flexibility index (Phi) is 5.02. The fourth-order valence-corrected chi connectivity index (χ4v) is 2.88. The quantitative estimate of drug-likeness (QED) is 0.632.